The third-order valence-corrected chi connectivity index (χ3v) is 6.19. The number of amides is 1. The number of carbonyl (C=O) groups excluding carboxylic acids is 1. The van der Waals surface area contributed by atoms with Gasteiger partial charge in [-0.05, 0) is 44.1 Å². The minimum Gasteiger partial charge on any atom is -0.445 e. The molecular weight excluding hydrogens is 316 g/mol. The van der Waals surface area contributed by atoms with Crippen LogP contribution >= 0.6 is 0 Å². The maximum atomic E-state index is 11.9. The topological polar surface area (TPSA) is 61.8 Å². The highest BCUT2D eigenvalue weighted by molar-refractivity contribution is 5.67. The number of carbonyl (C=O) groups is 1. The van der Waals surface area contributed by atoms with Gasteiger partial charge in [-0.3, -0.25) is 4.90 Å². The van der Waals surface area contributed by atoms with Gasteiger partial charge in [-0.1, -0.05) is 36.8 Å². The van der Waals surface area contributed by atoms with Crippen molar-refractivity contribution < 1.29 is 14.6 Å². The van der Waals surface area contributed by atoms with Gasteiger partial charge < -0.3 is 15.2 Å². The van der Waals surface area contributed by atoms with E-state index in [1.165, 1.54) is 32.1 Å². The SMILES string of the molecule is O=C(NC1CC(C(O)N2[C@@H]3CCC[C@H]2CC3)C1)OCc1ccccc1. The van der Waals surface area contributed by atoms with Crippen molar-refractivity contribution in [3.63, 3.8) is 0 Å². The van der Waals surface area contributed by atoms with E-state index in [1.54, 1.807) is 0 Å². The Balaban J connectivity index is 1.19. The van der Waals surface area contributed by atoms with Crippen LogP contribution in [0.4, 0.5) is 4.79 Å². The number of aliphatic hydroxyl groups is 1. The first-order valence-electron chi connectivity index (χ1n) is 9.63. The average Bonchev–Trinajstić information content (AvgIpc) is 2.85. The molecule has 2 N–H and O–H groups in total. The third kappa shape index (κ3) is 3.67. The second-order valence-corrected chi connectivity index (χ2v) is 7.81. The molecule has 5 heteroatoms. The molecule has 1 amide bonds. The van der Waals surface area contributed by atoms with Gasteiger partial charge in [-0.15, -0.1) is 0 Å². The van der Waals surface area contributed by atoms with Gasteiger partial charge in [0.15, 0.2) is 0 Å². The highest BCUT2D eigenvalue weighted by Gasteiger charge is 2.45. The first kappa shape index (κ1) is 16.9. The number of benzene rings is 1. The number of aliphatic hydroxyl groups excluding tert-OH is 1. The number of alkyl carbamates (subject to hydrolysis) is 1. The Labute approximate surface area is 149 Å². The monoisotopic (exact) mass is 344 g/mol. The molecule has 1 aromatic rings. The Morgan fingerprint density at radius 1 is 1.16 bits per heavy atom. The minimum atomic E-state index is -0.361. The van der Waals surface area contributed by atoms with Gasteiger partial charge in [-0.2, -0.15) is 0 Å². The van der Waals surface area contributed by atoms with E-state index in [-0.39, 0.29) is 24.3 Å². The number of ether oxygens (including phenoxy) is 1. The number of piperidine rings is 1. The number of hydrogen-bond donors (Lipinski definition) is 2. The summed E-state index contributed by atoms with van der Waals surface area (Å²) < 4.78 is 5.27. The molecular formula is C20H28N2O3. The molecule has 0 aromatic heterocycles. The summed E-state index contributed by atoms with van der Waals surface area (Å²) in [5.41, 5.74) is 0.986. The van der Waals surface area contributed by atoms with Crippen LogP contribution in [0, 0.1) is 5.92 Å². The zero-order chi connectivity index (χ0) is 17.2. The van der Waals surface area contributed by atoms with Crippen molar-refractivity contribution in [2.75, 3.05) is 0 Å². The molecule has 1 aliphatic carbocycles. The van der Waals surface area contributed by atoms with Crippen LogP contribution in [0.5, 0.6) is 0 Å². The lowest BCUT2D eigenvalue weighted by molar-refractivity contribution is -0.106. The summed E-state index contributed by atoms with van der Waals surface area (Å²) in [5.74, 6) is 0.278. The molecule has 1 saturated carbocycles. The van der Waals surface area contributed by atoms with Crippen molar-refractivity contribution in [1.82, 2.24) is 10.2 Å². The highest BCUT2D eigenvalue weighted by atomic mass is 16.5. The summed E-state index contributed by atoms with van der Waals surface area (Å²) in [6.07, 6.45) is 7.23. The van der Waals surface area contributed by atoms with Crippen LogP contribution in [0.1, 0.15) is 50.5 Å². The molecule has 2 heterocycles. The maximum absolute atomic E-state index is 11.9. The predicted molar refractivity (Wildman–Crippen MR) is 94.8 cm³/mol. The van der Waals surface area contributed by atoms with Gasteiger partial charge in [0.25, 0.3) is 0 Å². The summed E-state index contributed by atoms with van der Waals surface area (Å²) in [6.45, 7) is 0.294. The second-order valence-electron chi connectivity index (χ2n) is 7.81. The van der Waals surface area contributed by atoms with Crippen LogP contribution in [0.2, 0.25) is 0 Å². The molecule has 1 unspecified atom stereocenters. The molecule has 2 saturated heterocycles. The number of rotatable bonds is 5. The van der Waals surface area contributed by atoms with Crippen LogP contribution in [0.15, 0.2) is 30.3 Å². The van der Waals surface area contributed by atoms with Gasteiger partial charge in [-0.25, -0.2) is 4.79 Å². The molecule has 5 nitrogen and oxygen atoms in total. The lowest BCUT2D eigenvalue weighted by atomic mass is 9.78. The molecule has 3 aliphatic rings. The molecule has 25 heavy (non-hydrogen) atoms. The fourth-order valence-corrected chi connectivity index (χ4v) is 4.79. The van der Waals surface area contributed by atoms with E-state index in [2.05, 4.69) is 10.2 Å². The van der Waals surface area contributed by atoms with Crippen LogP contribution < -0.4 is 5.32 Å². The van der Waals surface area contributed by atoms with E-state index in [9.17, 15) is 9.90 Å². The van der Waals surface area contributed by atoms with Crippen molar-refractivity contribution in [1.29, 1.82) is 0 Å². The Hall–Kier alpha value is -1.59. The zero-order valence-electron chi connectivity index (χ0n) is 14.6. The summed E-state index contributed by atoms with van der Waals surface area (Å²) in [6, 6.07) is 11.0. The molecule has 0 radical (unpaired) electrons. The Morgan fingerprint density at radius 2 is 1.84 bits per heavy atom. The standard InChI is InChI=1S/C20H28N2O3/c23-19(22-17-7-4-8-18(22)10-9-17)15-11-16(12-15)21-20(24)25-13-14-5-2-1-3-6-14/h1-3,5-6,15-19,23H,4,7-13H2,(H,21,24)/t15?,16?,17-,18+,19?. The molecule has 2 aliphatic heterocycles. The van der Waals surface area contributed by atoms with Gasteiger partial charge in [0, 0.05) is 24.0 Å². The molecule has 4 rings (SSSR count). The van der Waals surface area contributed by atoms with E-state index in [0.29, 0.717) is 18.7 Å². The summed E-state index contributed by atoms with van der Waals surface area (Å²) >= 11 is 0. The van der Waals surface area contributed by atoms with Gasteiger partial charge >= 0.3 is 6.09 Å². The summed E-state index contributed by atoms with van der Waals surface area (Å²) in [7, 11) is 0. The van der Waals surface area contributed by atoms with Gasteiger partial charge in [0.1, 0.15) is 12.8 Å². The Morgan fingerprint density at radius 3 is 2.52 bits per heavy atom. The van der Waals surface area contributed by atoms with Crippen molar-refractivity contribution in [3.8, 4) is 0 Å². The minimum absolute atomic E-state index is 0.130. The average molecular weight is 344 g/mol. The van der Waals surface area contributed by atoms with E-state index >= 15 is 0 Å². The van der Waals surface area contributed by atoms with E-state index in [1.807, 2.05) is 30.3 Å². The molecule has 2 bridgehead atoms. The van der Waals surface area contributed by atoms with Crippen LogP contribution in [-0.2, 0) is 11.3 Å². The van der Waals surface area contributed by atoms with E-state index in [0.717, 1.165) is 18.4 Å². The smallest absolute Gasteiger partial charge is 0.407 e. The Bertz CT molecular complexity index is 572. The predicted octanol–water partition coefficient (Wildman–Crippen LogP) is 3.03. The highest BCUT2D eigenvalue weighted by Crippen LogP contribution is 2.41. The quantitative estimate of drug-likeness (QED) is 0.862. The number of nitrogens with one attached hydrogen (secondary N) is 1. The van der Waals surface area contributed by atoms with Crippen molar-refractivity contribution >= 4 is 6.09 Å². The summed E-state index contributed by atoms with van der Waals surface area (Å²) in [4.78, 5) is 14.3. The molecule has 3 atom stereocenters. The molecule has 1 aromatic carbocycles. The second kappa shape index (κ2) is 7.34. The molecule has 136 valence electrons. The van der Waals surface area contributed by atoms with Crippen molar-refractivity contribution in [3.05, 3.63) is 35.9 Å². The van der Waals surface area contributed by atoms with Gasteiger partial charge in [0.05, 0.1) is 0 Å². The van der Waals surface area contributed by atoms with Crippen molar-refractivity contribution in [2.24, 2.45) is 5.92 Å². The lowest BCUT2D eigenvalue weighted by Crippen LogP contribution is -2.56. The van der Waals surface area contributed by atoms with E-state index < -0.39 is 0 Å². The number of hydrogen-bond acceptors (Lipinski definition) is 4. The first-order valence-corrected chi connectivity index (χ1v) is 9.63. The van der Waals surface area contributed by atoms with Crippen LogP contribution in [-0.4, -0.2) is 40.5 Å². The van der Waals surface area contributed by atoms with E-state index in [4.69, 9.17) is 4.74 Å². The van der Waals surface area contributed by atoms with Gasteiger partial charge in [0.2, 0.25) is 0 Å². The molecule has 3 fully saturated rings. The number of fused-ring (bicyclic) bond motifs is 2. The number of nitrogens with zero attached hydrogens (tertiary/aromatic N) is 1. The Kier molecular flexibility index (Phi) is 4.95. The van der Waals surface area contributed by atoms with Crippen molar-refractivity contribution in [2.45, 2.75) is 75.9 Å². The fourth-order valence-electron chi connectivity index (χ4n) is 4.79. The zero-order valence-corrected chi connectivity index (χ0v) is 14.6. The fraction of sp³-hybridized carbons (Fsp3) is 0.650. The van der Waals surface area contributed by atoms with Crippen LogP contribution in [0.25, 0.3) is 0 Å². The molecule has 0 spiro atoms. The lowest BCUT2D eigenvalue weighted by Gasteiger charge is -2.46. The first-order chi connectivity index (χ1) is 12.2. The maximum Gasteiger partial charge on any atom is 0.407 e. The third-order valence-electron chi connectivity index (χ3n) is 6.19. The summed E-state index contributed by atoms with van der Waals surface area (Å²) in [5, 5.41) is 13.7. The largest absolute Gasteiger partial charge is 0.445 e. The van der Waals surface area contributed by atoms with Crippen LogP contribution in [0.3, 0.4) is 0 Å². The normalized spacial score (nSPS) is 32.7.